The van der Waals surface area contributed by atoms with Gasteiger partial charge in [0, 0.05) is 77.2 Å². The Morgan fingerprint density at radius 2 is 0.742 bits per heavy atom. The van der Waals surface area contributed by atoms with Gasteiger partial charge in [0.05, 0.1) is 11.4 Å². The normalized spacial score (nSPS) is 11.5. The van der Waals surface area contributed by atoms with E-state index in [4.69, 9.17) is 8.83 Å². The first-order valence-corrected chi connectivity index (χ1v) is 21.8. The van der Waals surface area contributed by atoms with E-state index in [0.717, 1.165) is 67.4 Å². The van der Waals surface area contributed by atoms with Crippen LogP contribution in [0.1, 0.15) is 0 Å². The van der Waals surface area contributed by atoms with Crippen molar-refractivity contribution >= 4 is 99.4 Å². The summed E-state index contributed by atoms with van der Waals surface area (Å²) >= 11 is 3.50. The number of nitrogens with zero attached hydrogens (tertiary/aromatic N) is 6. The van der Waals surface area contributed by atoms with Crippen LogP contribution in [0, 0.1) is 0 Å². The quantitative estimate of drug-likeness (QED) is 0.142. The van der Waals surface area contributed by atoms with E-state index in [0.29, 0.717) is 23.2 Å². The lowest BCUT2D eigenvalue weighted by Crippen LogP contribution is -2.09. The van der Waals surface area contributed by atoms with Crippen molar-refractivity contribution in [3.63, 3.8) is 0 Å². The van der Waals surface area contributed by atoms with E-state index in [-0.39, 0.29) is 0 Å². The number of rotatable bonds is 9. The fourth-order valence-corrected chi connectivity index (χ4v) is 9.88. The minimum Gasteiger partial charge on any atom is -0.418 e. The minimum atomic E-state index is 0.530. The molecule has 0 aliphatic heterocycles. The number of aromatic nitrogens is 4. The minimum absolute atomic E-state index is 0.530. The number of hydrogen-bond acceptors (Lipinski definition) is 10. The molecule has 12 aromatic rings. The number of fused-ring (bicyclic) bond motifs is 4. The van der Waals surface area contributed by atoms with E-state index >= 15 is 0 Å². The Labute approximate surface area is 363 Å². The van der Waals surface area contributed by atoms with Gasteiger partial charge in [0.25, 0.3) is 0 Å². The summed E-state index contributed by atoms with van der Waals surface area (Å²) in [6.07, 6.45) is 3.43. The van der Waals surface area contributed by atoms with Gasteiger partial charge in [-0.3, -0.25) is 0 Å². The Morgan fingerprint density at radius 1 is 0.371 bits per heavy atom. The van der Waals surface area contributed by atoms with Crippen molar-refractivity contribution in [2.45, 2.75) is 0 Å². The van der Waals surface area contributed by atoms with Gasteiger partial charge in [-0.2, -0.15) is 0 Å². The number of benzene rings is 6. The van der Waals surface area contributed by atoms with Crippen LogP contribution in [0.2, 0.25) is 0 Å². The molecule has 0 N–H and O–H groups in total. The second-order valence-corrected chi connectivity index (χ2v) is 16.6. The first-order chi connectivity index (χ1) is 30.7. The van der Waals surface area contributed by atoms with E-state index < -0.39 is 0 Å². The molecule has 0 fully saturated rings. The summed E-state index contributed by atoms with van der Waals surface area (Å²) in [4.78, 5) is 22.6. The molecule has 0 bridgehead atoms. The molecule has 0 aliphatic carbocycles. The van der Waals surface area contributed by atoms with E-state index in [1.165, 1.54) is 20.2 Å². The Morgan fingerprint density at radius 3 is 1.13 bits per heavy atom. The monoisotopic (exact) mass is 836 g/mol. The van der Waals surface area contributed by atoms with E-state index in [1.807, 2.05) is 24.3 Å². The maximum atomic E-state index is 5.99. The maximum Gasteiger partial charge on any atom is 0.247 e. The average molecular weight is 837 g/mol. The molecular weight excluding hydrogens is 805 g/mol. The lowest BCUT2D eigenvalue weighted by Gasteiger charge is -2.26. The first kappa shape index (κ1) is 36.0. The molecule has 12 rings (SSSR count). The van der Waals surface area contributed by atoms with Crippen molar-refractivity contribution in [1.29, 1.82) is 0 Å². The molecule has 0 atom stereocenters. The third-order valence-electron chi connectivity index (χ3n) is 11.1. The topological polar surface area (TPSA) is 84.3 Å². The van der Waals surface area contributed by atoms with Crippen LogP contribution in [0.25, 0.3) is 76.7 Å². The van der Waals surface area contributed by atoms with Crippen LogP contribution in [0.4, 0.5) is 34.1 Å². The Kier molecular flexibility index (Phi) is 8.68. The third-order valence-corrected chi connectivity index (χ3v) is 13.0. The van der Waals surface area contributed by atoms with Gasteiger partial charge >= 0.3 is 0 Å². The highest BCUT2D eigenvalue weighted by Crippen LogP contribution is 2.45. The molecule has 0 unspecified atom stereocenters. The molecule has 0 saturated carbocycles. The average Bonchev–Trinajstić information content (AvgIpc) is 4.16. The standard InChI is InChI=1S/C52H32N6O2S2/c1-3-11-47-41(7-1)45(31-61-47)57(39-25-17-35(18-26-39)49-55-43-9-5-29-53-51(43)59-49)37-21-13-33(14-22-37)34-15-23-38(24-16-34)58(46-32-62-48-12-4-2-8-42(46)48)40-27-19-36(20-28-40)50-56-44-10-6-30-54-52(44)60-50/h1-32H. The van der Waals surface area contributed by atoms with Gasteiger partial charge in [-0.1, -0.05) is 60.7 Å². The molecule has 294 valence electrons. The second kappa shape index (κ2) is 15.0. The highest BCUT2D eigenvalue weighted by atomic mass is 32.1. The van der Waals surface area contributed by atoms with E-state index in [9.17, 15) is 0 Å². The van der Waals surface area contributed by atoms with Gasteiger partial charge in [-0.15, -0.1) is 22.7 Å². The summed E-state index contributed by atoms with van der Waals surface area (Å²) in [5.41, 5.74) is 13.0. The number of anilines is 6. The van der Waals surface area contributed by atoms with Crippen molar-refractivity contribution in [2.24, 2.45) is 0 Å². The van der Waals surface area contributed by atoms with Gasteiger partial charge in [-0.25, -0.2) is 19.9 Å². The first-order valence-electron chi connectivity index (χ1n) is 20.1. The van der Waals surface area contributed by atoms with Crippen molar-refractivity contribution in [1.82, 2.24) is 19.9 Å². The molecule has 0 saturated heterocycles. The highest BCUT2D eigenvalue weighted by molar-refractivity contribution is 7.18. The van der Waals surface area contributed by atoms with Gasteiger partial charge in [0.1, 0.15) is 11.0 Å². The Hall–Kier alpha value is -7.92. The zero-order chi connectivity index (χ0) is 41.0. The van der Waals surface area contributed by atoms with E-state index in [2.05, 4.69) is 186 Å². The summed E-state index contributed by atoms with van der Waals surface area (Å²) < 4.78 is 14.4. The van der Waals surface area contributed by atoms with Crippen molar-refractivity contribution in [2.75, 3.05) is 9.80 Å². The van der Waals surface area contributed by atoms with Crippen LogP contribution in [0.5, 0.6) is 0 Å². The molecule has 6 aromatic carbocycles. The predicted molar refractivity (Wildman–Crippen MR) is 254 cm³/mol. The van der Waals surface area contributed by atoms with Crippen molar-refractivity contribution in [3.8, 4) is 34.0 Å². The van der Waals surface area contributed by atoms with Gasteiger partial charge < -0.3 is 18.6 Å². The lowest BCUT2D eigenvalue weighted by molar-refractivity contribution is 0.607. The third kappa shape index (κ3) is 6.37. The molecule has 0 aliphatic rings. The molecule has 6 heterocycles. The molecule has 8 nitrogen and oxygen atoms in total. The zero-order valence-corrected chi connectivity index (χ0v) is 34.4. The molecular formula is C52H32N6O2S2. The van der Waals surface area contributed by atoms with Crippen molar-refractivity contribution in [3.05, 3.63) is 193 Å². The molecule has 6 aromatic heterocycles. The molecule has 0 radical (unpaired) electrons. The summed E-state index contributed by atoms with van der Waals surface area (Å²) in [5.74, 6) is 1.10. The molecule has 0 amide bonds. The highest BCUT2D eigenvalue weighted by Gasteiger charge is 2.20. The molecule has 62 heavy (non-hydrogen) atoms. The van der Waals surface area contributed by atoms with Crippen LogP contribution in [0.3, 0.4) is 0 Å². The summed E-state index contributed by atoms with van der Waals surface area (Å²) in [7, 11) is 0. The number of pyridine rings is 2. The summed E-state index contributed by atoms with van der Waals surface area (Å²) in [5, 5.41) is 6.88. The van der Waals surface area contributed by atoms with Gasteiger partial charge in [0.2, 0.25) is 23.2 Å². The summed E-state index contributed by atoms with van der Waals surface area (Å²) in [6.45, 7) is 0. The smallest absolute Gasteiger partial charge is 0.247 e. The van der Waals surface area contributed by atoms with Crippen LogP contribution in [-0.4, -0.2) is 19.9 Å². The number of thiophene rings is 2. The molecule has 0 spiro atoms. The fraction of sp³-hybridized carbons (Fsp3) is 0. The second-order valence-electron chi connectivity index (χ2n) is 14.8. The number of oxazole rings is 2. The largest absolute Gasteiger partial charge is 0.418 e. The Balaban J connectivity index is 0.872. The lowest BCUT2D eigenvalue weighted by atomic mass is 10.0. The maximum absolute atomic E-state index is 5.99. The molecule has 10 heteroatoms. The summed E-state index contributed by atoms with van der Waals surface area (Å²) in [6, 6.07) is 59.0. The van der Waals surface area contributed by atoms with E-state index in [1.54, 1.807) is 35.1 Å². The van der Waals surface area contributed by atoms with Crippen LogP contribution in [0.15, 0.2) is 202 Å². The van der Waals surface area contributed by atoms with Gasteiger partial charge in [-0.05, 0) is 120 Å². The van der Waals surface area contributed by atoms with Crippen LogP contribution < -0.4 is 9.80 Å². The van der Waals surface area contributed by atoms with Gasteiger partial charge in [0.15, 0.2) is 0 Å². The SMILES string of the molecule is c1cnc2oc(-c3ccc(N(c4ccc(-c5ccc(N(c6ccc(-c7nc8cccnc8o7)cc6)c6csc7ccccc67)cc5)cc4)c4csc5ccccc45)cc3)nc2c1. The fourth-order valence-electron chi connectivity index (χ4n) is 8.03. The predicted octanol–water partition coefficient (Wildman–Crippen LogP) is 15.1. The van der Waals surface area contributed by atoms with Crippen LogP contribution >= 0.6 is 22.7 Å². The number of hydrogen-bond donors (Lipinski definition) is 0. The zero-order valence-electron chi connectivity index (χ0n) is 32.8. The van der Waals surface area contributed by atoms with Crippen molar-refractivity contribution < 1.29 is 8.83 Å². The Bertz CT molecular complexity index is 3230. The van der Waals surface area contributed by atoms with Crippen LogP contribution in [-0.2, 0) is 0 Å².